The Labute approximate surface area is 151 Å². The quantitative estimate of drug-likeness (QED) is 0.795. The van der Waals surface area contributed by atoms with Crippen LogP contribution in [-0.2, 0) is 14.6 Å². The molecule has 3 rings (SSSR count). The highest BCUT2D eigenvalue weighted by Gasteiger charge is 2.35. The molecule has 1 aliphatic heterocycles. The predicted molar refractivity (Wildman–Crippen MR) is 97.6 cm³/mol. The average molecular weight is 383 g/mol. The lowest BCUT2D eigenvalue weighted by atomic mass is 10.1. The van der Waals surface area contributed by atoms with E-state index in [-0.39, 0.29) is 10.4 Å². The second kappa shape index (κ2) is 6.57. The van der Waals surface area contributed by atoms with Crippen molar-refractivity contribution >= 4 is 37.5 Å². The molecule has 2 heterocycles. The number of rotatable bonds is 2. The summed E-state index contributed by atoms with van der Waals surface area (Å²) in [6.07, 6.45) is 0.415. The van der Waals surface area contributed by atoms with E-state index in [4.69, 9.17) is 4.74 Å². The maximum atomic E-state index is 12.9. The van der Waals surface area contributed by atoms with Crippen molar-refractivity contribution in [2.75, 3.05) is 13.1 Å². The summed E-state index contributed by atoms with van der Waals surface area (Å²) >= 11 is 1.21. The van der Waals surface area contributed by atoms with Gasteiger partial charge in [0.05, 0.1) is 15.5 Å². The largest absolute Gasteiger partial charge is 0.444 e. The Hall–Kier alpha value is -1.67. The molecule has 0 N–H and O–H groups in total. The molecule has 0 unspecified atom stereocenters. The van der Waals surface area contributed by atoms with Gasteiger partial charge in [-0.25, -0.2) is 18.2 Å². The number of likely N-dealkylation sites (tertiary alicyclic amines) is 1. The molecule has 1 aliphatic rings. The summed E-state index contributed by atoms with van der Waals surface area (Å²) in [7, 11) is -3.48. The minimum Gasteiger partial charge on any atom is -0.444 e. The number of piperidine rings is 1. The van der Waals surface area contributed by atoms with Crippen LogP contribution in [0.2, 0.25) is 0 Å². The van der Waals surface area contributed by atoms with Crippen LogP contribution in [0.3, 0.4) is 0 Å². The maximum absolute atomic E-state index is 12.9. The van der Waals surface area contributed by atoms with E-state index in [1.807, 2.05) is 45.0 Å². The molecule has 136 valence electrons. The highest BCUT2D eigenvalue weighted by Crippen LogP contribution is 2.31. The van der Waals surface area contributed by atoms with Gasteiger partial charge < -0.3 is 9.64 Å². The summed E-state index contributed by atoms with van der Waals surface area (Å²) in [5.74, 6) is 0. The van der Waals surface area contributed by atoms with Crippen molar-refractivity contribution in [3.8, 4) is 0 Å². The van der Waals surface area contributed by atoms with Crippen LogP contribution >= 0.6 is 11.3 Å². The summed E-state index contributed by atoms with van der Waals surface area (Å²) < 4.78 is 32.1. The fourth-order valence-electron chi connectivity index (χ4n) is 2.79. The molecule has 0 atom stereocenters. The number of para-hydroxylation sites is 1. The van der Waals surface area contributed by atoms with Crippen LogP contribution < -0.4 is 0 Å². The molecule has 0 saturated carbocycles. The molecule has 1 saturated heterocycles. The number of hydrogen-bond acceptors (Lipinski definition) is 6. The second-order valence-electron chi connectivity index (χ2n) is 7.16. The third-order valence-corrected chi connectivity index (χ3v) is 7.76. The topological polar surface area (TPSA) is 76.6 Å². The summed E-state index contributed by atoms with van der Waals surface area (Å²) in [4.78, 5) is 18.0. The number of thiazole rings is 1. The van der Waals surface area contributed by atoms with Crippen molar-refractivity contribution in [1.82, 2.24) is 9.88 Å². The van der Waals surface area contributed by atoms with Gasteiger partial charge in [-0.1, -0.05) is 12.1 Å². The Kier molecular flexibility index (Phi) is 4.76. The van der Waals surface area contributed by atoms with Crippen LogP contribution in [-0.4, -0.2) is 48.3 Å². The fraction of sp³-hybridized carbons (Fsp3) is 0.529. The summed E-state index contributed by atoms with van der Waals surface area (Å²) in [6.45, 7) is 6.20. The number of carbonyl (C=O) groups is 1. The predicted octanol–water partition coefficient (Wildman–Crippen LogP) is 3.47. The highest BCUT2D eigenvalue weighted by molar-refractivity contribution is 7.94. The van der Waals surface area contributed by atoms with Crippen molar-refractivity contribution in [2.24, 2.45) is 0 Å². The van der Waals surface area contributed by atoms with Gasteiger partial charge in [-0.15, -0.1) is 11.3 Å². The first-order chi connectivity index (χ1) is 11.7. The minimum atomic E-state index is -3.48. The van der Waals surface area contributed by atoms with Gasteiger partial charge in [-0.2, -0.15) is 0 Å². The molecule has 1 aromatic carbocycles. The summed E-state index contributed by atoms with van der Waals surface area (Å²) in [6, 6.07) is 7.40. The lowest BCUT2D eigenvalue weighted by Gasteiger charge is -2.32. The number of fused-ring (bicyclic) bond motifs is 1. The minimum absolute atomic E-state index is 0.171. The number of hydrogen-bond donors (Lipinski definition) is 0. The average Bonchev–Trinajstić information content (AvgIpc) is 2.98. The molecular weight excluding hydrogens is 360 g/mol. The van der Waals surface area contributed by atoms with Crippen LogP contribution in [0.15, 0.2) is 28.6 Å². The molecule has 1 amide bonds. The van der Waals surface area contributed by atoms with Gasteiger partial charge in [0, 0.05) is 13.1 Å². The lowest BCUT2D eigenvalue weighted by Crippen LogP contribution is -2.44. The zero-order chi connectivity index (χ0) is 18.2. The molecule has 1 fully saturated rings. The van der Waals surface area contributed by atoms with Crippen LogP contribution in [0.25, 0.3) is 10.2 Å². The van der Waals surface area contributed by atoms with Crippen molar-refractivity contribution in [2.45, 2.75) is 48.8 Å². The van der Waals surface area contributed by atoms with Crippen molar-refractivity contribution in [1.29, 1.82) is 0 Å². The number of sulfone groups is 1. The van der Waals surface area contributed by atoms with Gasteiger partial charge in [0.1, 0.15) is 5.60 Å². The zero-order valence-corrected chi connectivity index (χ0v) is 16.2. The van der Waals surface area contributed by atoms with E-state index in [0.29, 0.717) is 31.4 Å². The van der Waals surface area contributed by atoms with Crippen molar-refractivity contribution in [3.63, 3.8) is 0 Å². The normalized spacial score (nSPS) is 17.0. The van der Waals surface area contributed by atoms with E-state index in [1.165, 1.54) is 11.3 Å². The van der Waals surface area contributed by atoms with E-state index in [1.54, 1.807) is 4.90 Å². The Morgan fingerprint density at radius 3 is 2.48 bits per heavy atom. The molecule has 0 radical (unpaired) electrons. The van der Waals surface area contributed by atoms with Gasteiger partial charge in [-0.05, 0) is 45.7 Å². The monoisotopic (exact) mass is 382 g/mol. The molecule has 0 aliphatic carbocycles. The van der Waals surface area contributed by atoms with Crippen LogP contribution in [0, 0.1) is 0 Å². The lowest BCUT2D eigenvalue weighted by molar-refractivity contribution is 0.0217. The number of aromatic nitrogens is 1. The molecule has 6 nitrogen and oxygen atoms in total. The van der Waals surface area contributed by atoms with E-state index in [2.05, 4.69) is 4.98 Å². The Balaban J connectivity index is 1.70. The first-order valence-corrected chi connectivity index (χ1v) is 10.6. The van der Waals surface area contributed by atoms with Crippen LogP contribution in [0.5, 0.6) is 0 Å². The van der Waals surface area contributed by atoms with Crippen molar-refractivity contribution < 1.29 is 17.9 Å². The molecule has 2 aromatic rings. The highest BCUT2D eigenvalue weighted by atomic mass is 32.2. The summed E-state index contributed by atoms with van der Waals surface area (Å²) in [5, 5.41) is -0.508. The van der Waals surface area contributed by atoms with Gasteiger partial charge >= 0.3 is 6.09 Å². The third-order valence-electron chi connectivity index (χ3n) is 4.05. The Bertz CT molecular complexity index is 842. The van der Waals surface area contributed by atoms with Gasteiger partial charge in [0.15, 0.2) is 0 Å². The number of nitrogens with zero attached hydrogens (tertiary/aromatic N) is 2. The van der Waals surface area contributed by atoms with Crippen LogP contribution in [0.1, 0.15) is 33.6 Å². The van der Waals surface area contributed by atoms with Gasteiger partial charge in [0.25, 0.3) is 0 Å². The zero-order valence-electron chi connectivity index (χ0n) is 14.6. The first-order valence-electron chi connectivity index (χ1n) is 8.24. The summed E-state index contributed by atoms with van der Waals surface area (Å²) in [5.41, 5.74) is 0.151. The second-order valence-corrected chi connectivity index (χ2v) is 10.6. The standard InChI is InChI=1S/C17H22N2O4S2/c1-17(2,3)23-16(20)19-10-8-12(9-11-19)25(21,22)15-18-13-6-4-5-7-14(13)24-15/h4-7,12H,8-11H2,1-3H3. The molecular formula is C17H22N2O4S2. The smallest absolute Gasteiger partial charge is 0.410 e. The number of carbonyl (C=O) groups excluding carboxylic acids is 1. The number of benzene rings is 1. The molecule has 0 bridgehead atoms. The Morgan fingerprint density at radius 2 is 1.88 bits per heavy atom. The molecule has 25 heavy (non-hydrogen) atoms. The molecule has 1 aromatic heterocycles. The fourth-order valence-corrected chi connectivity index (χ4v) is 5.97. The van der Waals surface area contributed by atoms with E-state index < -0.39 is 20.7 Å². The van der Waals surface area contributed by atoms with E-state index >= 15 is 0 Å². The van der Waals surface area contributed by atoms with Crippen LogP contribution in [0.4, 0.5) is 4.79 Å². The molecule has 8 heteroatoms. The first kappa shape index (κ1) is 18.1. The molecule has 0 spiro atoms. The number of amides is 1. The Morgan fingerprint density at radius 1 is 1.24 bits per heavy atom. The van der Waals surface area contributed by atoms with Gasteiger partial charge in [-0.3, -0.25) is 0 Å². The van der Waals surface area contributed by atoms with E-state index in [0.717, 1.165) is 4.70 Å². The van der Waals surface area contributed by atoms with Crippen molar-refractivity contribution in [3.05, 3.63) is 24.3 Å². The van der Waals surface area contributed by atoms with Gasteiger partial charge in [0.2, 0.25) is 14.2 Å². The maximum Gasteiger partial charge on any atom is 0.410 e. The SMILES string of the molecule is CC(C)(C)OC(=O)N1CCC(S(=O)(=O)c2nc3ccccc3s2)CC1. The van der Waals surface area contributed by atoms with E-state index in [9.17, 15) is 13.2 Å². The number of ether oxygens (including phenoxy) is 1. The third kappa shape index (κ3) is 3.95.